The summed E-state index contributed by atoms with van der Waals surface area (Å²) in [7, 11) is 0. The Morgan fingerprint density at radius 2 is 1.85 bits per heavy atom. The van der Waals surface area contributed by atoms with Gasteiger partial charge in [-0.25, -0.2) is 9.07 Å². The molecule has 4 heterocycles. The van der Waals surface area contributed by atoms with E-state index in [0.29, 0.717) is 42.6 Å². The highest BCUT2D eigenvalue weighted by Gasteiger charge is 2.26. The van der Waals surface area contributed by atoms with Crippen molar-refractivity contribution in [3.05, 3.63) is 58.5 Å². The monoisotopic (exact) mass is 482 g/mol. The highest BCUT2D eigenvalue weighted by atomic mass is 32.1. The van der Waals surface area contributed by atoms with E-state index in [-0.39, 0.29) is 24.2 Å². The maximum Gasteiger partial charge on any atom is 0.264 e. The number of fused-ring (bicyclic) bond motifs is 1. The molecule has 9 nitrogen and oxygen atoms in total. The lowest BCUT2D eigenvalue weighted by molar-refractivity contribution is -0.117. The molecule has 11 heteroatoms. The first-order valence-electron chi connectivity index (χ1n) is 10.9. The number of carbonyl (C=O) groups excluding carboxylic acids is 2. The summed E-state index contributed by atoms with van der Waals surface area (Å²) in [6.45, 7) is 6.15. The lowest BCUT2D eigenvalue weighted by Crippen LogP contribution is -2.50. The minimum absolute atomic E-state index is 0.0339. The topological polar surface area (TPSA) is 96.5 Å². The number of rotatable bonds is 5. The average molecular weight is 483 g/mol. The van der Waals surface area contributed by atoms with E-state index in [9.17, 15) is 14.0 Å². The van der Waals surface area contributed by atoms with Crippen LogP contribution in [0.5, 0.6) is 0 Å². The molecule has 1 N–H and O–H groups in total. The molecule has 0 unspecified atom stereocenters. The van der Waals surface area contributed by atoms with Crippen molar-refractivity contribution in [2.45, 2.75) is 13.8 Å². The van der Waals surface area contributed by atoms with Crippen LogP contribution >= 0.6 is 11.3 Å². The number of benzene rings is 1. The van der Waals surface area contributed by atoms with Gasteiger partial charge in [-0.3, -0.25) is 14.5 Å². The van der Waals surface area contributed by atoms with E-state index >= 15 is 0 Å². The van der Waals surface area contributed by atoms with Gasteiger partial charge in [0.15, 0.2) is 5.82 Å². The number of anilines is 1. The minimum Gasteiger partial charge on any atom is -0.360 e. The molecule has 2 amide bonds. The molecule has 3 aromatic heterocycles. The summed E-state index contributed by atoms with van der Waals surface area (Å²) in [5.74, 6) is 0.516. The van der Waals surface area contributed by atoms with Crippen LogP contribution in [0.25, 0.3) is 15.9 Å². The first kappa shape index (κ1) is 22.2. The van der Waals surface area contributed by atoms with E-state index in [1.54, 1.807) is 29.8 Å². The highest BCUT2D eigenvalue weighted by molar-refractivity contribution is 7.20. The van der Waals surface area contributed by atoms with Crippen molar-refractivity contribution in [1.82, 2.24) is 24.7 Å². The van der Waals surface area contributed by atoms with Crippen LogP contribution in [0.2, 0.25) is 0 Å². The number of nitrogens with zero attached hydrogens (tertiary/aromatic N) is 5. The van der Waals surface area contributed by atoms with Crippen molar-refractivity contribution in [3.63, 3.8) is 0 Å². The summed E-state index contributed by atoms with van der Waals surface area (Å²) < 4.78 is 20.0. The number of hydrogen-bond donors (Lipinski definition) is 1. The number of amides is 2. The summed E-state index contributed by atoms with van der Waals surface area (Å²) in [6.07, 6.45) is 0. The molecule has 0 aliphatic carbocycles. The van der Waals surface area contributed by atoms with Gasteiger partial charge < -0.3 is 14.7 Å². The van der Waals surface area contributed by atoms with Crippen molar-refractivity contribution in [2.24, 2.45) is 0 Å². The van der Waals surface area contributed by atoms with Gasteiger partial charge in [-0.05, 0) is 44.2 Å². The number of aryl methyl sites for hydroxylation is 2. The molecule has 0 saturated carbocycles. The van der Waals surface area contributed by atoms with E-state index in [2.05, 4.69) is 15.6 Å². The molecule has 4 aromatic rings. The largest absolute Gasteiger partial charge is 0.360 e. The molecule has 34 heavy (non-hydrogen) atoms. The van der Waals surface area contributed by atoms with E-state index in [0.717, 1.165) is 21.6 Å². The first-order valence-corrected chi connectivity index (χ1v) is 11.7. The van der Waals surface area contributed by atoms with Crippen LogP contribution in [-0.2, 0) is 4.79 Å². The summed E-state index contributed by atoms with van der Waals surface area (Å²) in [5.41, 5.74) is 1.56. The van der Waals surface area contributed by atoms with Crippen molar-refractivity contribution in [1.29, 1.82) is 0 Å². The lowest BCUT2D eigenvalue weighted by Gasteiger charge is -2.34. The number of aromatic nitrogens is 3. The number of hydrogen-bond acceptors (Lipinski definition) is 7. The Morgan fingerprint density at radius 3 is 2.53 bits per heavy atom. The number of carbonyl (C=O) groups is 2. The molecule has 1 aliphatic heterocycles. The smallest absolute Gasteiger partial charge is 0.264 e. The SMILES string of the molecule is Cc1cc(NC(=O)CN2CCN(C(=O)c3cc4c(C)nn(-c5ccc(F)cc5)c4s3)CC2)no1. The van der Waals surface area contributed by atoms with Crippen LogP contribution < -0.4 is 5.32 Å². The Morgan fingerprint density at radius 1 is 1.12 bits per heavy atom. The van der Waals surface area contributed by atoms with Crippen LogP contribution in [0.1, 0.15) is 21.1 Å². The standard InChI is InChI=1S/C23H23FN6O3S/c1-14-11-20(27-33-14)25-21(31)13-28-7-9-29(10-8-28)22(32)19-12-18-15(2)26-30(23(18)34-19)17-5-3-16(24)4-6-17/h3-6,11-12H,7-10,13H2,1-2H3,(H,25,27,31). The molecule has 0 radical (unpaired) electrons. The predicted octanol–water partition coefficient (Wildman–Crippen LogP) is 3.23. The van der Waals surface area contributed by atoms with Crippen LogP contribution in [0, 0.1) is 19.7 Å². The normalized spacial score (nSPS) is 14.6. The number of halogens is 1. The van der Waals surface area contributed by atoms with Gasteiger partial charge in [0.2, 0.25) is 5.91 Å². The third kappa shape index (κ3) is 4.44. The van der Waals surface area contributed by atoms with Crippen molar-refractivity contribution in [2.75, 3.05) is 38.0 Å². The minimum atomic E-state index is -0.309. The summed E-state index contributed by atoms with van der Waals surface area (Å²) >= 11 is 1.38. The Bertz CT molecular complexity index is 1350. The van der Waals surface area contributed by atoms with Crippen LogP contribution in [0.3, 0.4) is 0 Å². The number of piperazine rings is 1. The zero-order valence-corrected chi connectivity index (χ0v) is 19.6. The molecule has 1 aromatic carbocycles. The Kier molecular flexibility index (Phi) is 5.88. The fraction of sp³-hybridized carbons (Fsp3) is 0.304. The fourth-order valence-electron chi connectivity index (χ4n) is 3.99. The molecular formula is C23H23FN6O3S. The second kappa shape index (κ2) is 8.99. The third-order valence-electron chi connectivity index (χ3n) is 5.75. The van der Waals surface area contributed by atoms with Crippen molar-refractivity contribution >= 4 is 39.2 Å². The molecular weight excluding hydrogens is 459 g/mol. The van der Waals surface area contributed by atoms with Crippen molar-refractivity contribution in [3.8, 4) is 5.69 Å². The quantitative estimate of drug-likeness (QED) is 0.469. The summed E-state index contributed by atoms with van der Waals surface area (Å²) in [5, 5.41) is 12.0. The number of thiophene rings is 1. The van der Waals surface area contributed by atoms with Crippen LogP contribution in [0.4, 0.5) is 10.2 Å². The second-order valence-corrected chi connectivity index (χ2v) is 9.27. The molecule has 1 fully saturated rings. The number of nitrogens with one attached hydrogen (secondary N) is 1. The van der Waals surface area contributed by atoms with Crippen LogP contribution in [0.15, 0.2) is 40.9 Å². The average Bonchev–Trinajstić information content (AvgIpc) is 3.51. The molecule has 1 saturated heterocycles. The van der Waals surface area contributed by atoms with Gasteiger partial charge in [0.05, 0.1) is 22.8 Å². The summed E-state index contributed by atoms with van der Waals surface area (Å²) in [6, 6.07) is 9.67. The zero-order valence-electron chi connectivity index (χ0n) is 18.7. The lowest BCUT2D eigenvalue weighted by atomic mass is 10.2. The Labute approximate surface area is 198 Å². The molecule has 0 bridgehead atoms. The van der Waals surface area contributed by atoms with E-state index < -0.39 is 0 Å². The summed E-state index contributed by atoms with van der Waals surface area (Å²) in [4.78, 5) is 30.7. The van der Waals surface area contributed by atoms with E-state index in [1.807, 2.05) is 22.8 Å². The fourth-order valence-corrected chi connectivity index (χ4v) is 5.14. The molecule has 5 rings (SSSR count). The first-order chi connectivity index (χ1) is 16.4. The molecule has 0 atom stereocenters. The van der Waals surface area contributed by atoms with Gasteiger partial charge in [-0.1, -0.05) is 5.16 Å². The van der Waals surface area contributed by atoms with Gasteiger partial charge in [0.1, 0.15) is 16.4 Å². The van der Waals surface area contributed by atoms with Gasteiger partial charge in [0, 0.05) is 37.6 Å². The maximum absolute atomic E-state index is 13.3. The van der Waals surface area contributed by atoms with Gasteiger partial charge in [-0.15, -0.1) is 11.3 Å². The van der Waals surface area contributed by atoms with Gasteiger partial charge in [0.25, 0.3) is 5.91 Å². The van der Waals surface area contributed by atoms with Gasteiger partial charge in [-0.2, -0.15) is 5.10 Å². The predicted molar refractivity (Wildman–Crippen MR) is 126 cm³/mol. The molecule has 0 spiro atoms. The van der Waals surface area contributed by atoms with E-state index in [1.165, 1.54) is 23.5 Å². The maximum atomic E-state index is 13.3. The zero-order chi connectivity index (χ0) is 23.8. The van der Waals surface area contributed by atoms with Crippen molar-refractivity contribution < 1.29 is 18.5 Å². The molecule has 1 aliphatic rings. The second-order valence-electron chi connectivity index (χ2n) is 8.24. The van der Waals surface area contributed by atoms with Crippen LogP contribution in [-0.4, -0.2) is 69.3 Å². The third-order valence-corrected chi connectivity index (χ3v) is 6.85. The molecule has 176 valence electrons. The van der Waals surface area contributed by atoms with Gasteiger partial charge >= 0.3 is 0 Å². The Balaban J connectivity index is 1.23. The highest BCUT2D eigenvalue weighted by Crippen LogP contribution is 2.31. The van der Waals surface area contributed by atoms with E-state index in [4.69, 9.17) is 4.52 Å². The Hall–Kier alpha value is -3.57.